The average molecular weight is 484 g/mol. The van der Waals surface area contributed by atoms with E-state index in [2.05, 4.69) is 12.2 Å². The van der Waals surface area contributed by atoms with Crippen LogP contribution in [0.1, 0.15) is 12.5 Å². The number of amides is 1. The zero-order chi connectivity index (χ0) is 23.4. The van der Waals surface area contributed by atoms with Crippen molar-refractivity contribution < 1.29 is 18.7 Å². The van der Waals surface area contributed by atoms with Crippen LogP contribution < -0.4 is 20.2 Å². The van der Waals surface area contributed by atoms with E-state index in [9.17, 15) is 9.59 Å². The van der Waals surface area contributed by atoms with Gasteiger partial charge >= 0.3 is 0 Å². The fourth-order valence-electron chi connectivity index (χ4n) is 3.14. The molecule has 1 aromatic heterocycles. The lowest BCUT2D eigenvalue weighted by molar-refractivity contribution is -0.118. The molecule has 1 heterocycles. The number of rotatable bonds is 7. The van der Waals surface area contributed by atoms with E-state index in [1.165, 1.54) is 11.8 Å². The molecule has 0 saturated carbocycles. The highest BCUT2D eigenvalue weighted by Crippen LogP contribution is 2.25. The molecule has 1 amide bonds. The number of benzene rings is 3. The summed E-state index contributed by atoms with van der Waals surface area (Å²) in [6.07, 6.45) is 2.18. The minimum Gasteiger partial charge on any atom is -0.484 e. The quantitative estimate of drug-likeness (QED) is 0.325. The third-order valence-electron chi connectivity index (χ3n) is 4.79. The van der Waals surface area contributed by atoms with Crippen LogP contribution in [0, 0.1) is 0 Å². The number of halogens is 2. The second kappa shape index (κ2) is 9.98. The molecule has 8 heteroatoms. The number of carbonyl (C=O) groups is 1. The molecular formula is C25H19Cl2NO5. The first-order chi connectivity index (χ1) is 15.9. The smallest absolute Gasteiger partial charge is 0.262 e. The van der Waals surface area contributed by atoms with Gasteiger partial charge in [-0.25, -0.2) is 0 Å². The molecule has 0 bridgehead atoms. The van der Waals surface area contributed by atoms with Crippen molar-refractivity contribution in [2.45, 2.75) is 13.3 Å². The van der Waals surface area contributed by atoms with Gasteiger partial charge in [-0.15, -0.1) is 0 Å². The fraction of sp³-hybridized carbons (Fsp3) is 0.120. The molecule has 6 nitrogen and oxygen atoms in total. The molecule has 0 aliphatic carbocycles. The molecule has 0 aliphatic rings. The number of hydrogen-bond acceptors (Lipinski definition) is 5. The van der Waals surface area contributed by atoms with Crippen LogP contribution >= 0.6 is 23.2 Å². The van der Waals surface area contributed by atoms with Gasteiger partial charge in [0.1, 0.15) is 23.3 Å². The lowest BCUT2D eigenvalue weighted by Crippen LogP contribution is -2.20. The van der Waals surface area contributed by atoms with Crippen LogP contribution in [0.25, 0.3) is 11.0 Å². The van der Waals surface area contributed by atoms with Gasteiger partial charge in [-0.2, -0.15) is 0 Å². The van der Waals surface area contributed by atoms with Gasteiger partial charge < -0.3 is 19.2 Å². The largest absolute Gasteiger partial charge is 0.484 e. The number of fused-ring (bicyclic) bond motifs is 1. The Labute approximate surface area is 199 Å². The summed E-state index contributed by atoms with van der Waals surface area (Å²) in [5.74, 6) is 0.604. The van der Waals surface area contributed by atoms with Crippen LogP contribution in [0.15, 0.2) is 76.1 Å². The SMILES string of the molecule is CCc1ccc(Oc2coc3cc(OCC(=O)Nc4cc(Cl)cc(Cl)c4)ccc3c2=O)cc1. The van der Waals surface area contributed by atoms with E-state index in [0.29, 0.717) is 38.2 Å². The van der Waals surface area contributed by atoms with Crippen molar-refractivity contribution in [1.29, 1.82) is 0 Å². The number of anilines is 1. The van der Waals surface area contributed by atoms with E-state index in [-0.39, 0.29) is 17.8 Å². The van der Waals surface area contributed by atoms with Crippen molar-refractivity contribution in [3.63, 3.8) is 0 Å². The van der Waals surface area contributed by atoms with Gasteiger partial charge in [0.2, 0.25) is 11.2 Å². The first kappa shape index (κ1) is 22.7. The van der Waals surface area contributed by atoms with Crippen molar-refractivity contribution in [3.05, 3.63) is 92.8 Å². The summed E-state index contributed by atoms with van der Waals surface area (Å²) in [5, 5.41) is 3.81. The average Bonchev–Trinajstić information content (AvgIpc) is 2.79. The molecule has 0 atom stereocenters. The molecule has 168 valence electrons. The van der Waals surface area contributed by atoms with E-state index in [1.807, 2.05) is 24.3 Å². The maximum atomic E-state index is 12.8. The second-order valence-corrected chi connectivity index (χ2v) is 8.05. The summed E-state index contributed by atoms with van der Waals surface area (Å²) in [5.41, 5.74) is 1.64. The van der Waals surface area contributed by atoms with Crippen LogP contribution in [-0.4, -0.2) is 12.5 Å². The Morgan fingerprint density at radius 2 is 1.67 bits per heavy atom. The Morgan fingerprint density at radius 1 is 0.970 bits per heavy atom. The third kappa shape index (κ3) is 5.66. The molecule has 4 aromatic rings. The van der Waals surface area contributed by atoms with Gasteiger partial charge in [0.15, 0.2) is 6.61 Å². The molecule has 0 radical (unpaired) electrons. The fourth-order valence-corrected chi connectivity index (χ4v) is 3.67. The van der Waals surface area contributed by atoms with Crippen LogP contribution in [-0.2, 0) is 11.2 Å². The zero-order valence-corrected chi connectivity index (χ0v) is 19.1. The third-order valence-corrected chi connectivity index (χ3v) is 5.23. The van der Waals surface area contributed by atoms with Crippen LogP contribution in [0.4, 0.5) is 5.69 Å². The van der Waals surface area contributed by atoms with Gasteiger partial charge in [-0.3, -0.25) is 9.59 Å². The van der Waals surface area contributed by atoms with E-state index in [0.717, 1.165) is 6.42 Å². The normalized spacial score (nSPS) is 10.8. The summed E-state index contributed by atoms with van der Waals surface area (Å²) in [7, 11) is 0. The monoisotopic (exact) mass is 483 g/mol. The maximum absolute atomic E-state index is 12.8. The molecular weight excluding hydrogens is 465 g/mol. The van der Waals surface area contributed by atoms with Gasteiger partial charge in [0.25, 0.3) is 5.91 Å². The van der Waals surface area contributed by atoms with E-state index < -0.39 is 5.91 Å². The van der Waals surface area contributed by atoms with Gasteiger partial charge in [0, 0.05) is 21.8 Å². The lowest BCUT2D eigenvalue weighted by atomic mass is 10.2. The Bertz CT molecular complexity index is 1350. The van der Waals surface area contributed by atoms with Crippen molar-refractivity contribution in [3.8, 4) is 17.2 Å². The van der Waals surface area contributed by atoms with Crippen LogP contribution in [0.5, 0.6) is 17.2 Å². The molecule has 3 aromatic carbocycles. The van der Waals surface area contributed by atoms with Gasteiger partial charge in [0.05, 0.1) is 5.39 Å². The lowest BCUT2D eigenvalue weighted by Gasteiger charge is -2.09. The Morgan fingerprint density at radius 3 is 2.36 bits per heavy atom. The molecule has 0 unspecified atom stereocenters. The van der Waals surface area contributed by atoms with E-state index in [4.69, 9.17) is 37.1 Å². The standard InChI is InChI=1S/C25H19Cl2NO5/c1-2-15-3-5-19(6-4-15)33-23-13-32-22-12-20(7-8-21(22)25(23)30)31-14-24(29)28-18-10-16(26)9-17(27)11-18/h3-13H,2,14H2,1H3,(H,28,29). The summed E-state index contributed by atoms with van der Waals surface area (Å²) in [6.45, 7) is 1.81. The van der Waals surface area contributed by atoms with Gasteiger partial charge in [-0.05, 0) is 54.4 Å². The Balaban J connectivity index is 1.44. The van der Waals surface area contributed by atoms with Crippen molar-refractivity contribution >= 4 is 45.8 Å². The summed E-state index contributed by atoms with van der Waals surface area (Å²) in [4.78, 5) is 25.0. The molecule has 0 fully saturated rings. The number of carbonyl (C=O) groups excluding carboxylic acids is 1. The minimum absolute atomic E-state index is 0.0833. The number of hydrogen-bond donors (Lipinski definition) is 1. The van der Waals surface area contributed by atoms with Crippen molar-refractivity contribution in [2.24, 2.45) is 0 Å². The van der Waals surface area contributed by atoms with Crippen molar-refractivity contribution in [2.75, 3.05) is 11.9 Å². The summed E-state index contributed by atoms with van der Waals surface area (Å²) < 4.78 is 16.8. The second-order valence-electron chi connectivity index (χ2n) is 7.18. The minimum atomic E-state index is -0.396. The zero-order valence-electron chi connectivity index (χ0n) is 17.6. The van der Waals surface area contributed by atoms with Gasteiger partial charge in [-0.1, -0.05) is 42.3 Å². The summed E-state index contributed by atoms with van der Waals surface area (Å²) in [6, 6.07) is 16.9. The maximum Gasteiger partial charge on any atom is 0.262 e. The number of ether oxygens (including phenoxy) is 2. The first-order valence-corrected chi connectivity index (χ1v) is 10.9. The highest BCUT2D eigenvalue weighted by molar-refractivity contribution is 6.35. The Kier molecular flexibility index (Phi) is 6.87. The highest BCUT2D eigenvalue weighted by atomic mass is 35.5. The van der Waals surface area contributed by atoms with Crippen LogP contribution in [0.2, 0.25) is 10.0 Å². The van der Waals surface area contributed by atoms with Crippen molar-refractivity contribution in [1.82, 2.24) is 0 Å². The molecule has 0 aliphatic heterocycles. The summed E-state index contributed by atoms with van der Waals surface area (Å²) >= 11 is 11.9. The first-order valence-electron chi connectivity index (χ1n) is 10.1. The Hall–Kier alpha value is -3.48. The van der Waals surface area contributed by atoms with E-state index in [1.54, 1.807) is 36.4 Å². The highest BCUT2D eigenvalue weighted by Gasteiger charge is 2.11. The molecule has 33 heavy (non-hydrogen) atoms. The molecule has 4 rings (SSSR count). The number of nitrogens with one attached hydrogen (secondary N) is 1. The van der Waals surface area contributed by atoms with Crippen LogP contribution in [0.3, 0.4) is 0 Å². The molecule has 0 saturated heterocycles. The molecule has 0 spiro atoms. The topological polar surface area (TPSA) is 77.8 Å². The number of aryl methyl sites for hydroxylation is 1. The molecule has 1 N–H and O–H groups in total. The predicted octanol–water partition coefficient (Wildman–Crippen LogP) is 6.47. The predicted molar refractivity (Wildman–Crippen MR) is 129 cm³/mol. The van der Waals surface area contributed by atoms with E-state index >= 15 is 0 Å².